The van der Waals surface area contributed by atoms with Gasteiger partial charge in [-0.25, -0.2) is 0 Å². The van der Waals surface area contributed by atoms with E-state index >= 15 is 0 Å². The molecule has 0 aliphatic heterocycles. The SMILES string of the molecule is CCCCCCCCCC(NN)c1cn[nH]c1N. The van der Waals surface area contributed by atoms with E-state index < -0.39 is 0 Å². The van der Waals surface area contributed by atoms with Gasteiger partial charge < -0.3 is 5.73 Å². The number of hydrogen-bond acceptors (Lipinski definition) is 4. The second-order valence-corrected chi connectivity index (χ2v) is 4.87. The normalized spacial score (nSPS) is 12.8. The van der Waals surface area contributed by atoms with Crippen LogP contribution in [0.15, 0.2) is 6.20 Å². The molecule has 1 heterocycles. The summed E-state index contributed by atoms with van der Waals surface area (Å²) in [5.41, 5.74) is 9.58. The molecule has 0 bridgehead atoms. The monoisotopic (exact) mass is 253 g/mol. The standard InChI is InChI=1S/C13H27N5/c1-2-3-4-5-6-7-8-9-12(17-15)11-10-16-18-13(11)14/h10,12,17H,2-9,15H2,1H3,(H3,14,16,18). The lowest BCUT2D eigenvalue weighted by atomic mass is 10.0. The van der Waals surface area contributed by atoms with E-state index in [-0.39, 0.29) is 6.04 Å². The fourth-order valence-electron chi connectivity index (χ4n) is 2.22. The zero-order valence-corrected chi connectivity index (χ0v) is 11.4. The third-order valence-corrected chi connectivity index (χ3v) is 3.37. The lowest BCUT2D eigenvalue weighted by molar-refractivity contribution is 0.477. The summed E-state index contributed by atoms with van der Waals surface area (Å²) in [4.78, 5) is 0. The van der Waals surface area contributed by atoms with E-state index in [9.17, 15) is 0 Å². The van der Waals surface area contributed by atoms with Gasteiger partial charge in [0.25, 0.3) is 0 Å². The van der Waals surface area contributed by atoms with Crippen LogP contribution in [-0.2, 0) is 0 Å². The Bertz CT molecular complexity index is 310. The molecule has 1 aromatic heterocycles. The highest BCUT2D eigenvalue weighted by molar-refractivity contribution is 5.39. The average molecular weight is 253 g/mol. The van der Waals surface area contributed by atoms with Gasteiger partial charge in [0.2, 0.25) is 0 Å². The molecule has 0 amide bonds. The lowest BCUT2D eigenvalue weighted by Crippen LogP contribution is -2.28. The molecule has 1 unspecified atom stereocenters. The van der Waals surface area contributed by atoms with Crippen molar-refractivity contribution in [2.45, 2.75) is 64.3 Å². The molecular weight excluding hydrogens is 226 g/mol. The third-order valence-electron chi connectivity index (χ3n) is 3.37. The largest absolute Gasteiger partial charge is 0.384 e. The number of aromatic nitrogens is 2. The Hall–Kier alpha value is -1.07. The Labute approximate surface area is 110 Å². The molecule has 1 aromatic rings. The Morgan fingerprint density at radius 2 is 1.89 bits per heavy atom. The maximum absolute atomic E-state index is 5.79. The molecule has 0 aliphatic rings. The number of H-pyrrole nitrogens is 1. The Kier molecular flexibility index (Phi) is 7.44. The molecule has 0 saturated heterocycles. The fourth-order valence-corrected chi connectivity index (χ4v) is 2.22. The van der Waals surface area contributed by atoms with Crippen LogP contribution >= 0.6 is 0 Å². The van der Waals surface area contributed by atoms with Crippen molar-refractivity contribution in [1.82, 2.24) is 15.6 Å². The summed E-state index contributed by atoms with van der Waals surface area (Å²) in [5.74, 6) is 6.18. The number of rotatable bonds is 10. The Morgan fingerprint density at radius 3 is 2.44 bits per heavy atom. The second kappa shape index (κ2) is 8.94. The van der Waals surface area contributed by atoms with E-state index in [1.165, 1.54) is 44.9 Å². The van der Waals surface area contributed by atoms with E-state index in [0.717, 1.165) is 12.0 Å². The molecule has 18 heavy (non-hydrogen) atoms. The van der Waals surface area contributed by atoms with Crippen molar-refractivity contribution in [3.05, 3.63) is 11.8 Å². The highest BCUT2D eigenvalue weighted by Crippen LogP contribution is 2.22. The summed E-state index contributed by atoms with van der Waals surface area (Å²) in [6.45, 7) is 2.24. The van der Waals surface area contributed by atoms with Gasteiger partial charge >= 0.3 is 0 Å². The van der Waals surface area contributed by atoms with E-state index in [0.29, 0.717) is 5.82 Å². The summed E-state index contributed by atoms with van der Waals surface area (Å²) in [6, 6.07) is 0.111. The molecular formula is C13H27N5. The first kappa shape index (κ1) is 15.0. The van der Waals surface area contributed by atoms with Crippen LogP contribution in [0, 0.1) is 0 Å². The van der Waals surface area contributed by atoms with Crippen molar-refractivity contribution in [2.75, 3.05) is 5.73 Å². The predicted octanol–water partition coefficient (Wildman–Crippen LogP) is 2.64. The predicted molar refractivity (Wildman–Crippen MR) is 75.7 cm³/mol. The fraction of sp³-hybridized carbons (Fsp3) is 0.769. The zero-order chi connectivity index (χ0) is 13.2. The van der Waals surface area contributed by atoms with Crippen molar-refractivity contribution in [3.8, 4) is 0 Å². The van der Waals surface area contributed by atoms with Gasteiger partial charge in [0.15, 0.2) is 0 Å². The van der Waals surface area contributed by atoms with Crippen LogP contribution in [-0.4, -0.2) is 10.2 Å². The highest BCUT2D eigenvalue weighted by atomic mass is 15.2. The maximum Gasteiger partial charge on any atom is 0.123 e. The van der Waals surface area contributed by atoms with Crippen LogP contribution in [0.2, 0.25) is 0 Å². The summed E-state index contributed by atoms with van der Waals surface area (Å²) in [7, 11) is 0. The summed E-state index contributed by atoms with van der Waals surface area (Å²) >= 11 is 0. The lowest BCUT2D eigenvalue weighted by Gasteiger charge is -2.14. The molecule has 1 rings (SSSR count). The van der Waals surface area contributed by atoms with Crippen LogP contribution in [0.5, 0.6) is 0 Å². The van der Waals surface area contributed by atoms with Crippen LogP contribution in [0.25, 0.3) is 0 Å². The van der Waals surface area contributed by atoms with E-state index in [1.54, 1.807) is 6.20 Å². The first-order valence-electron chi connectivity index (χ1n) is 7.04. The molecule has 0 aromatic carbocycles. The van der Waals surface area contributed by atoms with Gasteiger partial charge in [-0.3, -0.25) is 16.4 Å². The van der Waals surface area contributed by atoms with E-state index in [1.807, 2.05) is 0 Å². The van der Waals surface area contributed by atoms with Crippen molar-refractivity contribution in [3.63, 3.8) is 0 Å². The molecule has 0 fully saturated rings. The third kappa shape index (κ3) is 5.06. The van der Waals surface area contributed by atoms with Crippen molar-refractivity contribution in [1.29, 1.82) is 0 Å². The smallest absolute Gasteiger partial charge is 0.123 e. The Balaban J connectivity index is 2.15. The quantitative estimate of drug-likeness (QED) is 0.293. The molecule has 0 aliphatic carbocycles. The highest BCUT2D eigenvalue weighted by Gasteiger charge is 2.13. The first-order chi connectivity index (χ1) is 8.79. The molecule has 0 saturated carbocycles. The number of hydrogen-bond donors (Lipinski definition) is 4. The van der Waals surface area contributed by atoms with Gasteiger partial charge in [-0.2, -0.15) is 5.10 Å². The number of anilines is 1. The van der Waals surface area contributed by atoms with Crippen LogP contribution < -0.4 is 17.0 Å². The zero-order valence-electron chi connectivity index (χ0n) is 11.4. The summed E-state index contributed by atoms with van der Waals surface area (Å²) in [5, 5.41) is 6.66. The van der Waals surface area contributed by atoms with Crippen LogP contribution in [0.3, 0.4) is 0 Å². The van der Waals surface area contributed by atoms with Crippen molar-refractivity contribution < 1.29 is 0 Å². The number of nitrogen functional groups attached to an aromatic ring is 1. The number of aromatic amines is 1. The molecule has 6 N–H and O–H groups in total. The minimum atomic E-state index is 0.111. The number of nitrogens with two attached hydrogens (primary N) is 2. The van der Waals surface area contributed by atoms with Gasteiger partial charge in [-0.1, -0.05) is 51.9 Å². The van der Waals surface area contributed by atoms with Gasteiger partial charge in [-0.15, -0.1) is 0 Å². The van der Waals surface area contributed by atoms with Crippen molar-refractivity contribution >= 4 is 5.82 Å². The van der Waals surface area contributed by atoms with Gasteiger partial charge in [0.1, 0.15) is 5.82 Å². The van der Waals surface area contributed by atoms with E-state index in [2.05, 4.69) is 22.5 Å². The summed E-state index contributed by atoms with van der Waals surface area (Å²) < 4.78 is 0. The van der Waals surface area contributed by atoms with E-state index in [4.69, 9.17) is 11.6 Å². The number of hydrazine groups is 1. The molecule has 1 atom stereocenters. The first-order valence-corrected chi connectivity index (χ1v) is 7.04. The molecule has 0 radical (unpaired) electrons. The number of nitrogens with zero attached hydrogens (tertiary/aromatic N) is 1. The number of nitrogens with one attached hydrogen (secondary N) is 2. The van der Waals surface area contributed by atoms with Crippen LogP contribution in [0.4, 0.5) is 5.82 Å². The molecule has 104 valence electrons. The molecule has 0 spiro atoms. The Morgan fingerprint density at radius 1 is 1.22 bits per heavy atom. The van der Waals surface area contributed by atoms with Gasteiger partial charge in [0.05, 0.1) is 12.2 Å². The minimum Gasteiger partial charge on any atom is -0.384 e. The maximum atomic E-state index is 5.79. The second-order valence-electron chi connectivity index (χ2n) is 4.87. The molecule has 5 nitrogen and oxygen atoms in total. The van der Waals surface area contributed by atoms with Crippen LogP contribution in [0.1, 0.15) is 69.9 Å². The van der Waals surface area contributed by atoms with Gasteiger partial charge in [0, 0.05) is 5.56 Å². The summed E-state index contributed by atoms with van der Waals surface area (Å²) in [6.07, 6.45) is 11.9. The number of unbranched alkanes of at least 4 members (excludes halogenated alkanes) is 6. The molecule has 5 heteroatoms. The van der Waals surface area contributed by atoms with Crippen molar-refractivity contribution in [2.24, 2.45) is 5.84 Å². The van der Waals surface area contributed by atoms with Gasteiger partial charge in [-0.05, 0) is 6.42 Å². The topological polar surface area (TPSA) is 92.7 Å². The average Bonchev–Trinajstić information content (AvgIpc) is 2.79. The minimum absolute atomic E-state index is 0.111.